The molecular weight excluding hydrogens is 182 g/mol. The Hall–Kier alpha value is -1.52. The fraction of sp³-hybridized carbons (Fsp3) is 0.250. The molecule has 3 nitrogen and oxygen atoms in total. The van der Waals surface area contributed by atoms with Gasteiger partial charge in [0.05, 0.1) is 25.5 Å². The van der Waals surface area contributed by atoms with E-state index < -0.39 is 11.9 Å². The molecule has 0 radical (unpaired) electrons. The van der Waals surface area contributed by atoms with E-state index in [1.807, 2.05) is 0 Å². The van der Waals surface area contributed by atoms with Gasteiger partial charge in [0, 0.05) is 0 Å². The maximum Gasteiger partial charge on any atom is 0.317 e. The van der Waals surface area contributed by atoms with Gasteiger partial charge in [-0.25, -0.2) is 8.78 Å². The Balaban J connectivity index is 3.71. The summed E-state index contributed by atoms with van der Waals surface area (Å²) in [6.45, 7) is 0. The highest BCUT2D eigenvalue weighted by Crippen LogP contribution is 1.94. The van der Waals surface area contributed by atoms with Gasteiger partial charge in [-0.05, 0) is 12.2 Å². The molecule has 0 fully saturated rings. The molecule has 0 bridgehead atoms. The zero-order valence-corrected chi connectivity index (χ0v) is 6.70. The van der Waals surface area contributed by atoms with Crippen LogP contribution in [-0.2, 0) is 14.3 Å². The first-order valence-electron chi connectivity index (χ1n) is 3.44. The van der Waals surface area contributed by atoms with Crippen LogP contribution in [0.3, 0.4) is 0 Å². The minimum Gasteiger partial charge on any atom is -0.393 e. The van der Waals surface area contributed by atoms with Crippen molar-refractivity contribution < 1.29 is 23.1 Å². The molecule has 0 atom stereocenters. The van der Waals surface area contributed by atoms with E-state index in [2.05, 4.69) is 4.74 Å². The van der Waals surface area contributed by atoms with E-state index >= 15 is 0 Å². The Morgan fingerprint density at radius 2 is 1.38 bits per heavy atom. The summed E-state index contributed by atoms with van der Waals surface area (Å²) in [5.74, 6) is -1.74. The number of rotatable bonds is 4. The van der Waals surface area contributed by atoms with E-state index in [9.17, 15) is 18.4 Å². The summed E-state index contributed by atoms with van der Waals surface area (Å²) in [5.41, 5.74) is 0. The summed E-state index contributed by atoms with van der Waals surface area (Å²) in [5, 5.41) is 0. The van der Waals surface area contributed by atoms with Crippen molar-refractivity contribution in [3.8, 4) is 0 Å². The molecule has 0 heterocycles. The van der Waals surface area contributed by atoms with E-state index in [0.29, 0.717) is 0 Å². The molecule has 0 saturated heterocycles. The highest BCUT2D eigenvalue weighted by molar-refractivity contribution is 5.86. The monoisotopic (exact) mass is 190 g/mol. The minimum absolute atomic E-state index is 0.174. The van der Waals surface area contributed by atoms with Gasteiger partial charge in [-0.1, -0.05) is 0 Å². The van der Waals surface area contributed by atoms with Gasteiger partial charge in [-0.15, -0.1) is 0 Å². The molecule has 0 aromatic heterocycles. The van der Waals surface area contributed by atoms with Crippen LogP contribution in [0.2, 0.25) is 0 Å². The molecule has 0 aliphatic carbocycles. The lowest BCUT2D eigenvalue weighted by Crippen LogP contribution is -2.10. The van der Waals surface area contributed by atoms with Crippen LogP contribution in [0.1, 0.15) is 12.8 Å². The number of ether oxygens (including phenoxy) is 1. The van der Waals surface area contributed by atoms with E-state index in [4.69, 9.17) is 0 Å². The Kier molecular flexibility index (Phi) is 6.31. The molecule has 5 heteroatoms. The molecule has 0 aliphatic rings. The predicted molar refractivity (Wildman–Crippen MR) is 40.8 cm³/mol. The molecule has 72 valence electrons. The van der Waals surface area contributed by atoms with Gasteiger partial charge >= 0.3 is 11.9 Å². The van der Waals surface area contributed by atoms with Gasteiger partial charge in [-0.3, -0.25) is 9.59 Å². The van der Waals surface area contributed by atoms with Crippen LogP contribution in [-0.4, -0.2) is 11.9 Å². The lowest BCUT2D eigenvalue weighted by atomic mass is 10.4. The Labute approximate surface area is 73.7 Å². The quantitative estimate of drug-likeness (QED) is 0.501. The number of halogens is 2. The second kappa shape index (κ2) is 7.15. The van der Waals surface area contributed by atoms with Crippen molar-refractivity contribution in [1.29, 1.82) is 0 Å². The van der Waals surface area contributed by atoms with Gasteiger partial charge in [0.25, 0.3) is 0 Å². The van der Waals surface area contributed by atoms with Gasteiger partial charge in [0.15, 0.2) is 0 Å². The lowest BCUT2D eigenvalue weighted by molar-refractivity contribution is -0.158. The largest absolute Gasteiger partial charge is 0.393 e. The summed E-state index contributed by atoms with van der Waals surface area (Å²) in [4.78, 5) is 21.2. The van der Waals surface area contributed by atoms with Gasteiger partial charge in [0.2, 0.25) is 0 Å². The van der Waals surface area contributed by atoms with Crippen LogP contribution in [0.4, 0.5) is 8.78 Å². The zero-order valence-electron chi connectivity index (χ0n) is 6.70. The number of hydrogen-bond acceptors (Lipinski definition) is 3. The normalized spacial score (nSPS) is 10.9. The summed E-state index contributed by atoms with van der Waals surface area (Å²) in [6.07, 6.45) is 1.52. The van der Waals surface area contributed by atoms with Crippen LogP contribution in [0, 0.1) is 0 Å². The molecule has 0 saturated carbocycles. The highest BCUT2D eigenvalue weighted by Gasteiger charge is 2.06. The molecule has 0 rings (SSSR count). The Morgan fingerprint density at radius 3 is 1.69 bits per heavy atom. The molecule has 0 aromatic carbocycles. The van der Waals surface area contributed by atoms with Gasteiger partial charge in [-0.2, -0.15) is 0 Å². The van der Waals surface area contributed by atoms with Crippen molar-refractivity contribution in [1.82, 2.24) is 0 Å². The molecule has 0 aliphatic heterocycles. The van der Waals surface area contributed by atoms with Gasteiger partial charge in [0.1, 0.15) is 0 Å². The molecule has 0 amide bonds. The SMILES string of the molecule is O=C(CC=CF)OC(=O)CC=CF. The first kappa shape index (κ1) is 11.5. The van der Waals surface area contributed by atoms with Crippen LogP contribution in [0.5, 0.6) is 0 Å². The second-order valence-corrected chi connectivity index (χ2v) is 1.98. The van der Waals surface area contributed by atoms with Gasteiger partial charge < -0.3 is 4.74 Å². The van der Waals surface area contributed by atoms with E-state index in [1.165, 1.54) is 0 Å². The van der Waals surface area contributed by atoms with Crippen LogP contribution < -0.4 is 0 Å². The van der Waals surface area contributed by atoms with Crippen molar-refractivity contribution in [3.05, 3.63) is 24.8 Å². The standard InChI is InChI=1S/C8H8F2O3/c9-5-1-3-7(11)13-8(12)4-2-6-10/h1-2,5-6H,3-4H2. The summed E-state index contributed by atoms with van der Waals surface area (Å²) in [7, 11) is 0. The summed E-state index contributed by atoms with van der Waals surface area (Å²) >= 11 is 0. The molecule has 0 unspecified atom stereocenters. The smallest absolute Gasteiger partial charge is 0.317 e. The van der Waals surface area contributed by atoms with Crippen molar-refractivity contribution in [2.45, 2.75) is 12.8 Å². The van der Waals surface area contributed by atoms with E-state index in [-0.39, 0.29) is 25.5 Å². The van der Waals surface area contributed by atoms with E-state index in [0.717, 1.165) is 12.2 Å². The highest BCUT2D eigenvalue weighted by atomic mass is 19.1. The first-order chi connectivity index (χ1) is 6.20. The fourth-order valence-electron chi connectivity index (χ4n) is 0.492. The van der Waals surface area contributed by atoms with Crippen LogP contribution >= 0.6 is 0 Å². The minimum atomic E-state index is -0.869. The van der Waals surface area contributed by atoms with Crippen molar-refractivity contribution in [3.63, 3.8) is 0 Å². The third kappa shape index (κ3) is 6.86. The molecule has 0 spiro atoms. The van der Waals surface area contributed by atoms with Crippen LogP contribution in [0.15, 0.2) is 24.8 Å². The van der Waals surface area contributed by atoms with Crippen molar-refractivity contribution in [2.75, 3.05) is 0 Å². The number of hydrogen-bond donors (Lipinski definition) is 0. The zero-order chi connectivity index (χ0) is 10.1. The lowest BCUT2D eigenvalue weighted by Gasteiger charge is -1.96. The molecule has 0 aromatic rings. The molecular formula is C8H8F2O3. The van der Waals surface area contributed by atoms with E-state index in [1.54, 1.807) is 0 Å². The molecule has 0 N–H and O–H groups in total. The Morgan fingerprint density at radius 1 is 1.00 bits per heavy atom. The summed E-state index contributed by atoms with van der Waals surface area (Å²) < 4.78 is 26.9. The first-order valence-corrected chi connectivity index (χ1v) is 3.44. The molecule has 13 heavy (non-hydrogen) atoms. The van der Waals surface area contributed by atoms with Crippen LogP contribution in [0.25, 0.3) is 0 Å². The number of carbonyl (C=O) groups excluding carboxylic acids is 2. The summed E-state index contributed by atoms with van der Waals surface area (Å²) in [6, 6.07) is 0. The Bertz CT molecular complexity index is 210. The van der Waals surface area contributed by atoms with Crippen molar-refractivity contribution >= 4 is 11.9 Å². The predicted octanol–water partition coefficient (Wildman–Crippen LogP) is 1.80. The van der Waals surface area contributed by atoms with Crippen molar-refractivity contribution in [2.24, 2.45) is 0 Å². The maximum atomic E-state index is 11.4. The maximum absolute atomic E-state index is 11.4. The average molecular weight is 190 g/mol. The average Bonchev–Trinajstić information content (AvgIpc) is 2.11. The number of carbonyl (C=O) groups is 2. The third-order valence-electron chi connectivity index (χ3n) is 0.975. The number of esters is 2. The topological polar surface area (TPSA) is 43.4 Å². The third-order valence-corrected chi connectivity index (χ3v) is 0.975. The fourth-order valence-corrected chi connectivity index (χ4v) is 0.492. The second-order valence-electron chi connectivity index (χ2n) is 1.98.